The van der Waals surface area contributed by atoms with Gasteiger partial charge in [-0.25, -0.2) is 0 Å². The first-order valence-electron chi connectivity index (χ1n) is 29.1. The molecule has 0 bridgehead atoms. The van der Waals surface area contributed by atoms with Crippen molar-refractivity contribution in [1.82, 2.24) is 0 Å². The molecule has 0 saturated carbocycles. The second-order valence-corrected chi connectivity index (χ2v) is 19.2. The fourth-order valence-electron chi connectivity index (χ4n) is 7.92. The first-order chi connectivity index (χ1) is 34.0. The summed E-state index contributed by atoms with van der Waals surface area (Å²) < 4.78 is 16.8. The molecule has 0 aromatic heterocycles. The van der Waals surface area contributed by atoms with Gasteiger partial charge in [-0.1, -0.05) is 221 Å². The van der Waals surface area contributed by atoms with E-state index in [0.29, 0.717) is 19.3 Å². The smallest absolute Gasteiger partial charge is 0.306 e. The van der Waals surface area contributed by atoms with Crippen molar-refractivity contribution in [2.75, 3.05) is 13.2 Å². The molecule has 0 fully saturated rings. The van der Waals surface area contributed by atoms with Gasteiger partial charge in [0.2, 0.25) is 0 Å². The van der Waals surface area contributed by atoms with E-state index in [4.69, 9.17) is 14.2 Å². The van der Waals surface area contributed by atoms with Crippen LogP contribution in [0.4, 0.5) is 0 Å². The van der Waals surface area contributed by atoms with Crippen molar-refractivity contribution >= 4 is 17.9 Å². The number of ether oxygens (including phenoxy) is 3. The number of allylic oxidation sites excluding steroid dienone is 14. The molecular weight excluding hydrogens is 853 g/mol. The highest BCUT2D eigenvalue weighted by atomic mass is 16.6. The fraction of sp³-hybridized carbons (Fsp3) is 0.730. The molecule has 0 spiro atoms. The highest BCUT2D eigenvalue weighted by Gasteiger charge is 2.19. The number of hydrogen-bond acceptors (Lipinski definition) is 6. The van der Waals surface area contributed by atoms with Crippen molar-refractivity contribution in [1.29, 1.82) is 0 Å². The van der Waals surface area contributed by atoms with Crippen LogP contribution in [0.3, 0.4) is 0 Å². The molecule has 0 aliphatic rings. The molecule has 6 nitrogen and oxygen atoms in total. The van der Waals surface area contributed by atoms with E-state index in [-0.39, 0.29) is 31.1 Å². The van der Waals surface area contributed by atoms with Crippen LogP contribution in [0.15, 0.2) is 85.1 Å². The van der Waals surface area contributed by atoms with Crippen LogP contribution < -0.4 is 0 Å². The molecule has 1 atom stereocenters. The Bertz CT molecular complexity index is 1330. The van der Waals surface area contributed by atoms with Crippen LogP contribution in [0, 0.1) is 0 Å². The number of unbranched alkanes of at least 4 members (excludes halogenated alkanes) is 27. The monoisotopic (exact) mass is 961 g/mol. The minimum atomic E-state index is -0.796. The van der Waals surface area contributed by atoms with Gasteiger partial charge in [-0.2, -0.15) is 0 Å². The predicted molar refractivity (Wildman–Crippen MR) is 297 cm³/mol. The average molecular weight is 962 g/mol. The zero-order valence-corrected chi connectivity index (χ0v) is 45.3. The lowest BCUT2D eigenvalue weighted by Crippen LogP contribution is -2.30. The largest absolute Gasteiger partial charge is 0.462 e. The van der Waals surface area contributed by atoms with E-state index in [1.165, 1.54) is 135 Å². The van der Waals surface area contributed by atoms with Gasteiger partial charge >= 0.3 is 17.9 Å². The summed E-state index contributed by atoms with van der Waals surface area (Å²) in [7, 11) is 0. The van der Waals surface area contributed by atoms with Crippen molar-refractivity contribution < 1.29 is 28.6 Å². The standard InChI is InChI=1S/C63H108O6/c1-4-7-10-13-16-19-22-25-27-29-31-33-35-38-40-43-46-49-52-55-61(64)67-58-60(69-63(66)57-54-51-48-45-42-37-24-21-18-15-12-9-6-3)59-68-62(65)56-53-50-47-44-41-39-36-34-32-30-28-26-23-20-17-14-11-8-5-2/h16-17,19-21,24-28,31,33,38,40,60H,4-15,18,22-23,29-30,32,34-37,39,41-59H2,1-3H3/b19-16-,20-17-,24-21-,27-25-,28-26-,33-31-,40-38-/t60-/m1/s1. The molecule has 0 saturated heterocycles. The Morgan fingerprint density at radius 1 is 0.290 bits per heavy atom. The van der Waals surface area contributed by atoms with Gasteiger partial charge < -0.3 is 14.2 Å². The molecule has 6 heteroatoms. The molecule has 69 heavy (non-hydrogen) atoms. The summed E-state index contributed by atoms with van der Waals surface area (Å²) in [6.45, 7) is 6.55. The molecule has 0 aliphatic carbocycles. The van der Waals surface area contributed by atoms with Crippen LogP contribution in [-0.4, -0.2) is 37.2 Å². The van der Waals surface area contributed by atoms with Crippen LogP contribution in [0.25, 0.3) is 0 Å². The Kier molecular flexibility index (Phi) is 54.3. The first-order valence-corrected chi connectivity index (χ1v) is 29.1. The molecule has 0 amide bonds. The van der Waals surface area contributed by atoms with E-state index >= 15 is 0 Å². The molecule has 0 radical (unpaired) electrons. The molecule has 0 aliphatic heterocycles. The summed E-state index contributed by atoms with van der Waals surface area (Å²) in [4.78, 5) is 38.2. The van der Waals surface area contributed by atoms with Crippen molar-refractivity contribution in [3.63, 3.8) is 0 Å². The Labute approximate surface area is 426 Å². The summed E-state index contributed by atoms with van der Waals surface area (Å²) in [5.74, 6) is -0.932. The van der Waals surface area contributed by atoms with Gasteiger partial charge in [0.25, 0.3) is 0 Å². The van der Waals surface area contributed by atoms with Crippen LogP contribution in [-0.2, 0) is 28.6 Å². The van der Waals surface area contributed by atoms with Crippen LogP contribution in [0.1, 0.15) is 278 Å². The third-order valence-corrected chi connectivity index (χ3v) is 12.3. The molecule has 0 N–H and O–H groups in total. The van der Waals surface area contributed by atoms with E-state index in [9.17, 15) is 14.4 Å². The minimum Gasteiger partial charge on any atom is -0.462 e. The molecular formula is C63H108O6. The summed E-state index contributed by atoms with van der Waals surface area (Å²) in [5.41, 5.74) is 0. The van der Waals surface area contributed by atoms with E-state index in [0.717, 1.165) is 103 Å². The summed E-state index contributed by atoms with van der Waals surface area (Å²) in [6.07, 6.45) is 74.2. The Balaban J connectivity index is 4.42. The highest BCUT2D eigenvalue weighted by molar-refractivity contribution is 5.71. The number of carbonyl (C=O) groups is 3. The number of hydrogen-bond donors (Lipinski definition) is 0. The quantitative estimate of drug-likeness (QED) is 0.0262. The topological polar surface area (TPSA) is 78.9 Å². The number of esters is 3. The van der Waals surface area contributed by atoms with E-state index in [1.807, 2.05) is 0 Å². The average Bonchev–Trinajstić information content (AvgIpc) is 3.35. The van der Waals surface area contributed by atoms with Gasteiger partial charge in [0.05, 0.1) is 0 Å². The Morgan fingerprint density at radius 3 is 0.870 bits per heavy atom. The lowest BCUT2D eigenvalue weighted by Gasteiger charge is -2.18. The molecule has 0 unspecified atom stereocenters. The first kappa shape index (κ1) is 65.6. The maximum absolute atomic E-state index is 12.8. The minimum absolute atomic E-state index is 0.0922. The third kappa shape index (κ3) is 55.4. The summed E-state index contributed by atoms with van der Waals surface area (Å²) >= 11 is 0. The third-order valence-electron chi connectivity index (χ3n) is 12.3. The van der Waals surface area contributed by atoms with Crippen molar-refractivity contribution in [2.45, 2.75) is 284 Å². The van der Waals surface area contributed by atoms with Crippen LogP contribution in [0.2, 0.25) is 0 Å². The van der Waals surface area contributed by atoms with Crippen molar-refractivity contribution in [3.8, 4) is 0 Å². The Morgan fingerprint density at radius 2 is 0.522 bits per heavy atom. The zero-order chi connectivity index (χ0) is 50.0. The van der Waals surface area contributed by atoms with Gasteiger partial charge in [-0.15, -0.1) is 0 Å². The van der Waals surface area contributed by atoms with Crippen LogP contribution in [0.5, 0.6) is 0 Å². The van der Waals surface area contributed by atoms with E-state index in [1.54, 1.807) is 0 Å². The molecule has 0 heterocycles. The van der Waals surface area contributed by atoms with Crippen LogP contribution >= 0.6 is 0 Å². The van der Waals surface area contributed by atoms with Crippen molar-refractivity contribution in [2.24, 2.45) is 0 Å². The summed E-state index contributed by atoms with van der Waals surface area (Å²) in [6, 6.07) is 0. The predicted octanol–water partition coefficient (Wildman–Crippen LogP) is 19.5. The van der Waals surface area contributed by atoms with Gasteiger partial charge in [0, 0.05) is 19.3 Å². The normalized spacial score (nSPS) is 12.7. The molecule has 0 rings (SSSR count). The fourth-order valence-corrected chi connectivity index (χ4v) is 7.92. The van der Waals surface area contributed by atoms with Gasteiger partial charge in [0.1, 0.15) is 13.2 Å². The Hall–Kier alpha value is -3.41. The lowest BCUT2D eigenvalue weighted by molar-refractivity contribution is -0.167. The second kappa shape index (κ2) is 57.2. The highest BCUT2D eigenvalue weighted by Crippen LogP contribution is 2.14. The van der Waals surface area contributed by atoms with E-state index < -0.39 is 6.10 Å². The lowest BCUT2D eigenvalue weighted by atomic mass is 10.1. The number of carbonyl (C=O) groups excluding carboxylic acids is 3. The maximum Gasteiger partial charge on any atom is 0.306 e. The van der Waals surface area contributed by atoms with Gasteiger partial charge in [-0.3, -0.25) is 14.4 Å². The van der Waals surface area contributed by atoms with Gasteiger partial charge in [-0.05, 0) is 122 Å². The molecule has 0 aromatic rings. The molecule has 0 aromatic carbocycles. The van der Waals surface area contributed by atoms with Gasteiger partial charge in [0.15, 0.2) is 6.10 Å². The summed E-state index contributed by atoms with van der Waals surface area (Å²) in [5, 5.41) is 0. The SMILES string of the molecule is CCCCC/C=C\C/C=C\C/C=C\C/C=C\CCCCCC(=O)OC[C@H](COC(=O)CCCCCCCCCCC/C=C\C/C=C\CCCCC)OC(=O)CCCCCCC/C=C\CCCCCC. The second-order valence-electron chi connectivity index (χ2n) is 19.2. The molecule has 396 valence electrons. The van der Waals surface area contributed by atoms with E-state index in [2.05, 4.69) is 106 Å². The zero-order valence-electron chi connectivity index (χ0n) is 45.3. The van der Waals surface area contributed by atoms with Crippen molar-refractivity contribution in [3.05, 3.63) is 85.1 Å². The maximum atomic E-state index is 12.8. The number of rotatable bonds is 52.